The first kappa shape index (κ1) is 14.6. The first-order chi connectivity index (χ1) is 9.56. The van der Waals surface area contributed by atoms with Crippen molar-refractivity contribution in [3.63, 3.8) is 0 Å². The predicted molar refractivity (Wildman–Crippen MR) is 72.0 cm³/mol. The molecule has 1 aromatic carbocycles. The van der Waals surface area contributed by atoms with Gasteiger partial charge in [-0.1, -0.05) is 19.9 Å². The van der Waals surface area contributed by atoms with Gasteiger partial charge < -0.3 is 5.32 Å². The first-order valence-electron chi connectivity index (χ1n) is 6.57. The number of nitrogens with zero attached hydrogens (tertiary/aromatic N) is 3. The number of rotatable bonds is 6. The third-order valence-electron chi connectivity index (χ3n) is 2.85. The Hall–Kier alpha value is -1.82. The van der Waals surface area contributed by atoms with Crippen molar-refractivity contribution in [2.45, 2.75) is 26.9 Å². The molecule has 0 radical (unpaired) electrons. The van der Waals surface area contributed by atoms with E-state index in [1.54, 1.807) is 10.7 Å². The van der Waals surface area contributed by atoms with Gasteiger partial charge in [0.1, 0.15) is 12.2 Å². The summed E-state index contributed by atoms with van der Waals surface area (Å²) in [5, 5.41) is 7.39. The van der Waals surface area contributed by atoms with Gasteiger partial charge in [-0.15, -0.1) is 0 Å². The van der Waals surface area contributed by atoms with Gasteiger partial charge in [0, 0.05) is 0 Å². The van der Waals surface area contributed by atoms with Crippen molar-refractivity contribution >= 4 is 0 Å². The van der Waals surface area contributed by atoms with E-state index in [1.807, 2.05) is 0 Å². The van der Waals surface area contributed by atoms with E-state index in [9.17, 15) is 8.78 Å². The molecule has 0 unspecified atom stereocenters. The average Bonchev–Trinajstić information content (AvgIpc) is 2.81. The number of hydrogen-bond donors (Lipinski definition) is 1. The highest BCUT2D eigenvalue weighted by Crippen LogP contribution is 2.10. The minimum atomic E-state index is -0.845. The van der Waals surface area contributed by atoms with Crippen molar-refractivity contribution in [1.29, 1.82) is 0 Å². The van der Waals surface area contributed by atoms with Crippen LogP contribution in [0.3, 0.4) is 0 Å². The van der Waals surface area contributed by atoms with Gasteiger partial charge in [-0.25, -0.2) is 18.4 Å². The molecule has 6 heteroatoms. The second-order valence-electron chi connectivity index (χ2n) is 5.11. The minimum Gasteiger partial charge on any atom is -0.310 e. The summed E-state index contributed by atoms with van der Waals surface area (Å²) in [5.41, 5.74) is 0.652. The summed E-state index contributed by atoms with van der Waals surface area (Å²) in [7, 11) is 0. The highest BCUT2D eigenvalue weighted by molar-refractivity contribution is 5.18. The van der Waals surface area contributed by atoms with E-state index in [-0.39, 0.29) is 0 Å². The maximum absolute atomic E-state index is 13.2. The number of hydrogen-bond acceptors (Lipinski definition) is 3. The van der Waals surface area contributed by atoms with Crippen LogP contribution >= 0.6 is 0 Å². The van der Waals surface area contributed by atoms with Gasteiger partial charge in [-0.2, -0.15) is 5.10 Å². The van der Waals surface area contributed by atoms with Crippen LogP contribution in [0.2, 0.25) is 0 Å². The maximum Gasteiger partial charge on any atom is 0.159 e. The van der Waals surface area contributed by atoms with Gasteiger partial charge in [0.25, 0.3) is 0 Å². The molecule has 1 aromatic heterocycles. The minimum absolute atomic E-state index is 0.371. The Kier molecular flexibility index (Phi) is 4.79. The quantitative estimate of drug-likeness (QED) is 0.883. The summed E-state index contributed by atoms with van der Waals surface area (Å²) in [5.74, 6) is -0.360. The molecule has 108 valence electrons. The summed E-state index contributed by atoms with van der Waals surface area (Å²) in [4.78, 5) is 4.17. The summed E-state index contributed by atoms with van der Waals surface area (Å²) < 4.78 is 27.7. The van der Waals surface area contributed by atoms with Crippen LogP contribution in [0.5, 0.6) is 0 Å². The second-order valence-corrected chi connectivity index (χ2v) is 5.11. The molecule has 4 nitrogen and oxygen atoms in total. The van der Waals surface area contributed by atoms with E-state index < -0.39 is 11.6 Å². The Morgan fingerprint density at radius 2 is 2.05 bits per heavy atom. The Bertz CT molecular complexity index is 566. The van der Waals surface area contributed by atoms with E-state index in [0.717, 1.165) is 18.4 Å². The fourth-order valence-electron chi connectivity index (χ4n) is 1.84. The molecular weight excluding hydrogens is 262 g/mol. The molecule has 0 amide bonds. The third-order valence-corrected chi connectivity index (χ3v) is 2.85. The lowest BCUT2D eigenvalue weighted by atomic mass is 10.2. The monoisotopic (exact) mass is 280 g/mol. The first-order valence-corrected chi connectivity index (χ1v) is 6.57. The molecule has 2 rings (SSSR count). The number of benzene rings is 1. The highest BCUT2D eigenvalue weighted by Gasteiger charge is 2.07. The van der Waals surface area contributed by atoms with E-state index in [2.05, 4.69) is 29.2 Å². The van der Waals surface area contributed by atoms with Crippen LogP contribution in [0.1, 0.15) is 25.2 Å². The van der Waals surface area contributed by atoms with Crippen LogP contribution in [0, 0.1) is 17.6 Å². The summed E-state index contributed by atoms with van der Waals surface area (Å²) >= 11 is 0. The van der Waals surface area contributed by atoms with Gasteiger partial charge in [0.05, 0.1) is 13.1 Å². The molecule has 1 N–H and O–H groups in total. The van der Waals surface area contributed by atoms with Gasteiger partial charge in [-0.3, -0.25) is 0 Å². The summed E-state index contributed by atoms with van der Waals surface area (Å²) in [6.45, 7) is 6.10. The van der Waals surface area contributed by atoms with Gasteiger partial charge in [0.2, 0.25) is 0 Å². The van der Waals surface area contributed by atoms with Crippen LogP contribution in [-0.2, 0) is 13.1 Å². The van der Waals surface area contributed by atoms with Gasteiger partial charge >= 0.3 is 0 Å². The van der Waals surface area contributed by atoms with Gasteiger partial charge in [0.15, 0.2) is 11.6 Å². The van der Waals surface area contributed by atoms with E-state index in [1.165, 1.54) is 12.4 Å². The zero-order chi connectivity index (χ0) is 14.5. The van der Waals surface area contributed by atoms with Crippen LogP contribution in [0.25, 0.3) is 0 Å². The van der Waals surface area contributed by atoms with Crippen molar-refractivity contribution < 1.29 is 8.78 Å². The lowest BCUT2D eigenvalue weighted by Crippen LogP contribution is -2.22. The number of nitrogens with one attached hydrogen (secondary N) is 1. The smallest absolute Gasteiger partial charge is 0.159 e. The van der Waals surface area contributed by atoms with Crippen molar-refractivity contribution in [2.75, 3.05) is 6.54 Å². The Labute approximate surface area is 116 Å². The van der Waals surface area contributed by atoms with Crippen molar-refractivity contribution in [3.8, 4) is 0 Å². The molecule has 0 saturated carbocycles. The molecule has 0 bridgehead atoms. The van der Waals surface area contributed by atoms with Crippen LogP contribution in [0.4, 0.5) is 8.78 Å². The van der Waals surface area contributed by atoms with Crippen LogP contribution in [0.15, 0.2) is 24.5 Å². The Morgan fingerprint density at radius 3 is 2.75 bits per heavy atom. The molecule has 0 aliphatic carbocycles. The van der Waals surface area contributed by atoms with E-state index >= 15 is 0 Å². The normalized spacial score (nSPS) is 11.2. The SMILES string of the molecule is CC(C)CNCc1ncnn1Cc1ccc(F)c(F)c1. The predicted octanol–water partition coefficient (Wildman–Crippen LogP) is 2.35. The highest BCUT2D eigenvalue weighted by atomic mass is 19.2. The lowest BCUT2D eigenvalue weighted by molar-refractivity contribution is 0.503. The van der Waals surface area contributed by atoms with Crippen molar-refractivity contribution in [3.05, 3.63) is 47.5 Å². The second kappa shape index (κ2) is 6.56. The molecule has 2 aromatic rings. The average molecular weight is 280 g/mol. The summed E-state index contributed by atoms with van der Waals surface area (Å²) in [6.07, 6.45) is 1.46. The zero-order valence-electron chi connectivity index (χ0n) is 11.6. The Morgan fingerprint density at radius 1 is 1.25 bits per heavy atom. The van der Waals surface area contributed by atoms with Crippen LogP contribution < -0.4 is 5.32 Å². The third kappa shape index (κ3) is 3.84. The fraction of sp³-hybridized carbons (Fsp3) is 0.429. The van der Waals surface area contributed by atoms with Crippen molar-refractivity contribution in [2.24, 2.45) is 5.92 Å². The number of aromatic nitrogens is 3. The van der Waals surface area contributed by atoms with E-state index in [4.69, 9.17) is 0 Å². The molecule has 1 heterocycles. The van der Waals surface area contributed by atoms with E-state index in [0.29, 0.717) is 24.6 Å². The molecule has 20 heavy (non-hydrogen) atoms. The lowest BCUT2D eigenvalue weighted by Gasteiger charge is -2.09. The largest absolute Gasteiger partial charge is 0.310 e. The molecule has 0 fully saturated rings. The molecule has 0 spiro atoms. The topological polar surface area (TPSA) is 42.7 Å². The molecule has 0 saturated heterocycles. The molecule has 0 atom stereocenters. The standard InChI is InChI=1S/C14H18F2N4/c1-10(2)6-17-7-14-18-9-19-20(14)8-11-3-4-12(15)13(16)5-11/h3-5,9-10,17H,6-8H2,1-2H3. The maximum atomic E-state index is 13.2. The van der Waals surface area contributed by atoms with Crippen molar-refractivity contribution in [1.82, 2.24) is 20.1 Å². The summed E-state index contributed by atoms with van der Waals surface area (Å²) in [6, 6.07) is 3.85. The fourth-order valence-corrected chi connectivity index (χ4v) is 1.84. The molecular formula is C14H18F2N4. The molecule has 0 aliphatic rings. The molecule has 0 aliphatic heterocycles. The van der Waals surface area contributed by atoms with Gasteiger partial charge in [-0.05, 0) is 30.2 Å². The Balaban J connectivity index is 2.02. The van der Waals surface area contributed by atoms with Crippen LogP contribution in [-0.4, -0.2) is 21.3 Å². The zero-order valence-corrected chi connectivity index (χ0v) is 11.6. The number of halogens is 2.